The molecule has 4 heteroatoms. The van der Waals surface area contributed by atoms with Gasteiger partial charge < -0.3 is 10.6 Å². The van der Waals surface area contributed by atoms with E-state index in [0.717, 1.165) is 30.3 Å². The molecule has 0 spiro atoms. The van der Waals surface area contributed by atoms with Crippen LogP contribution in [0.4, 0.5) is 11.5 Å². The van der Waals surface area contributed by atoms with Crippen LogP contribution in [0, 0.1) is 5.92 Å². The molecule has 1 aliphatic heterocycles. The van der Waals surface area contributed by atoms with Gasteiger partial charge in [0, 0.05) is 19.6 Å². The van der Waals surface area contributed by atoms with Gasteiger partial charge in [-0.15, -0.1) is 0 Å². The van der Waals surface area contributed by atoms with E-state index in [2.05, 4.69) is 16.9 Å². The first kappa shape index (κ1) is 12.8. The predicted octanol–water partition coefficient (Wildman–Crippen LogP) is 2.72. The van der Waals surface area contributed by atoms with Gasteiger partial charge in [-0.25, -0.2) is 0 Å². The van der Waals surface area contributed by atoms with Gasteiger partial charge in [0.25, 0.3) is 0 Å². The lowest BCUT2D eigenvalue weighted by molar-refractivity contribution is 0.426. The molecule has 2 fully saturated rings. The van der Waals surface area contributed by atoms with Crippen molar-refractivity contribution in [2.75, 3.05) is 17.2 Å². The Kier molecular flexibility index (Phi) is 3.42. The third-order valence-electron chi connectivity index (χ3n) is 4.98. The van der Waals surface area contributed by atoms with Gasteiger partial charge in [-0.05, 0) is 38.0 Å². The van der Waals surface area contributed by atoms with Gasteiger partial charge >= 0.3 is 0 Å². The molecule has 1 aromatic heterocycles. The Morgan fingerprint density at radius 2 is 1.95 bits per heavy atom. The Morgan fingerprint density at radius 3 is 2.58 bits per heavy atom. The maximum Gasteiger partial charge on any atom is 0.150 e. The molecule has 1 aromatic rings. The SMILES string of the molecule is CCc1nn(C)c(N2CCCC2C2CCCC2)c1N. The number of nitrogens with zero attached hydrogens (tertiary/aromatic N) is 3. The van der Waals surface area contributed by atoms with E-state index in [-0.39, 0.29) is 0 Å². The van der Waals surface area contributed by atoms with E-state index in [0.29, 0.717) is 6.04 Å². The lowest BCUT2D eigenvalue weighted by Gasteiger charge is -2.31. The molecule has 3 rings (SSSR count). The van der Waals surface area contributed by atoms with Crippen LogP contribution in [0.15, 0.2) is 0 Å². The van der Waals surface area contributed by atoms with Crippen LogP contribution in [0.25, 0.3) is 0 Å². The third kappa shape index (κ3) is 2.11. The zero-order valence-corrected chi connectivity index (χ0v) is 12.2. The minimum absolute atomic E-state index is 0.699. The molecular weight excluding hydrogens is 236 g/mol. The minimum Gasteiger partial charge on any atom is -0.394 e. The molecule has 1 unspecified atom stereocenters. The van der Waals surface area contributed by atoms with Crippen molar-refractivity contribution < 1.29 is 0 Å². The second-order valence-electron chi connectivity index (χ2n) is 6.11. The first-order chi connectivity index (χ1) is 9.22. The summed E-state index contributed by atoms with van der Waals surface area (Å²) in [5.74, 6) is 2.05. The monoisotopic (exact) mass is 262 g/mol. The number of nitrogen functional groups attached to an aromatic ring is 1. The van der Waals surface area contributed by atoms with Crippen LogP contribution in [-0.2, 0) is 13.5 Å². The fourth-order valence-corrected chi connectivity index (χ4v) is 4.08. The summed E-state index contributed by atoms with van der Waals surface area (Å²) in [5, 5.41) is 4.58. The average Bonchev–Trinajstić information content (AvgIpc) is 3.08. The van der Waals surface area contributed by atoms with Crippen LogP contribution in [0.5, 0.6) is 0 Å². The summed E-state index contributed by atoms with van der Waals surface area (Å²) >= 11 is 0. The number of nitrogens with two attached hydrogens (primary N) is 1. The summed E-state index contributed by atoms with van der Waals surface area (Å²) < 4.78 is 2.00. The lowest BCUT2D eigenvalue weighted by atomic mass is 9.96. The quantitative estimate of drug-likeness (QED) is 0.911. The number of rotatable bonds is 3. The van der Waals surface area contributed by atoms with E-state index in [1.807, 2.05) is 11.7 Å². The molecule has 19 heavy (non-hydrogen) atoms. The number of aryl methyl sites for hydroxylation is 2. The van der Waals surface area contributed by atoms with Gasteiger partial charge in [0.15, 0.2) is 5.82 Å². The number of hydrogen-bond acceptors (Lipinski definition) is 3. The molecular formula is C15H26N4. The van der Waals surface area contributed by atoms with Crippen LogP contribution in [0.1, 0.15) is 51.1 Å². The number of hydrogen-bond donors (Lipinski definition) is 1. The van der Waals surface area contributed by atoms with Crippen molar-refractivity contribution in [3.05, 3.63) is 5.69 Å². The van der Waals surface area contributed by atoms with Crippen LogP contribution >= 0.6 is 0 Å². The molecule has 1 saturated heterocycles. The lowest BCUT2D eigenvalue weighted by Crippen LogP contribution is -2.36. The van der Waals surface area contributed by atoms with E-state index >= 15 is 0 Å². The van der Waals surface area contributed by atoms with Crippen LogP contribution in [0.2, 0.25) is 0 Å². The molecule has 0 radical (unpaired) electrons. The Balaban J connectivity index is 1.89. The standard InChI is InChI=1S/C15H26N4/c1-3-12-14(16)15(18(2)17-12)19-10-6-9-13(19)11-7-4-5-8-11/h11,13H,3-10,16H2,1-2H3. The summed E-state index contributed by atoms with van der Waals surface area (Å²) in [6, 6.07) is 0.699. The smallest absolute Gasteiger partial charge is 0.150 e. The van der Waals surface area contributed by atoms with Gasteiger partial charge in [0.2, 0.25) is 0 Å². The molecule has 0 bridgehead atoms. The van der Waals surface area contributed by atoms with Crippen LogP contribution in [-0.4, -0.2) is 22.4 Å². The highest BCUT2D eigenvalue weighted by Gasteiger charge is 2.35. The summed E-state index contributed by atoms with van der Waals surface area (Å²) in [7, 11) is 2.04. The highest BCUT2D eigenvalue weighted by atomic mass is 15.4. The first-order valence-electron chi connectivity index (χ1n) is 7.80. The first-order valence-corrected chi connectivity index (χ1v) is 7.80. The molecule has 1 atom stereocenters. The molecule has 0 aromatic carbocycles. The fourth-order valence-electron chi connectivity index (χ4n) is 4.08. The van der Waals surface area contributed by atoms with E-state index in [9.17, 15) is 0 Å². The summed E-state index contributed by atoms with van der Waals surface area (Å²) in [4.78, 5) is 2.55. The van der Waals surface area contributed by atoms with Gasteiger partial charge in [-0.2, -0.15) is 5.10 Å². The number of anilines is 2. The van der Waals surface area contributed by atoms with E-state index in [1.54, 1.807) is 0 Å². The molecule has 2 heterocycles. The zero-order chi connectivity index (χ0) is 13.4. The summed E-state index contributed by atoms with van der Waals surface area (Å²) in [6.07, 6.45) is 9.18. The maximum atomic E-state index is 6.33. The highest BCUT2D eigenvalue weighted by molar-refractivity contribution is 5.67. The molecule has 106 valence electrons. The molecule has 1 saturated carbocycles. The van der Waals surface area contributed by atoms with E-state index < -0.39 is 0 Å². The molecule has 2 aliphatic rings. The van der Waals surface area contributed by atoms with Gasteiger partial charge in [-0.3, -0.25) is 4.68 Å². The molecule has 0 amide bonds. The van der Waals surface area contributed by atoms with Crippen LogP contribution < -0.4 is 10.6 Å². The second-order valence-corrected chi connectivity index (χ2v) is 6.11. The second kappa shape index (κ2) is 5.06. The largest absolute Gasteiger partial charge is 0.394 e. The summed E-state index contributed by atoms with van der Waals surface area (Å²) in [5.41, 5.74) is 8.29. The fraction of sp³-hybridized carbons (Fsp3) is 0.800. The van der Waals surface area contributed by atoms with Crippen molar-refractivity contribution in [2.45, 2.75) is 57.9 Å². The Hall–Kier alpha value is -1.19. The van der Waals surface area contributed by atoms with Crippen molar-refractivity contribution in [2.24, 2.45) is 13.0 Å². The van der Waals surface area contributed by atoms with Gasteiger partial charge in [0.1, 0.15) is 0 Å². The van der Waals surface area contributed by atoms with E-state index in [4.69, 9.17) is 5.73 Å². The average molecular weight is 262 g/mol. The normalized spacial score (nSPS) is 24.5. The molecule has 2 N–H and O–H groups in total. The van der Waals surface area contributed by atoms with Crippen molar-refractivity contribution in [3.63, 3.8) is 0 Å². The maximum absolute atomic E-state index is 6.33. The number of aromatic nitrogens is 2. The minimum atomic E-state index is 0.699. The Bertz CT molecular complexity index is 445. The summed E-state index contributed by atoms with van der Waals surface area (Å²) in [6.45, 7) is 3.27. The van der Waals surface area contributed by atoms with Gasteiger partial charge in [-0.1, -0.05) is 19.8 Å². The zero-order valence-electron chi connectivity index (χ0n) is 12.2. The Labute approximate surface area is 116 Å². The van der Waals surface area contributed by atoms with Crippen molar-refractivity contribution in [3.8, 4) is 0 Å². The van der Waals surface area contributed by atoms with Gasteiger partial charge in [0.05, 0.1) is 11.4 Å². The van der Waals surface area contributed by atoms with Crippen LogP contribution in [0.3, 0.4) is 0 Å². The molecule has 4 nitrogen and oxygen atoms in total. The van der Waals surface area contributed by atoms with Crippen molar-refractivity contribution >= 4 is 11.5 Å². The highest BCUT2D eigenvalue weighted by Crippen LogP contribution is 2.40. The van der Waals surface area contributed by atoms with Crippen molar-refractivity contribution in [1.82, 2.24) is 9.78 Å². The Morgan fingerprint density at radius 1 is 1.21 bits per heavy atom. The predicted molar refractivity (Wildman–Crippen MR) is 79.3 cm³/mol. The van der Waals surface area contributed by atoms with E-state index in [1.165, 1.54) is 44.3 Å². The topological polar surface area (TPSA) is 47.1 Å². The van der Waals surface area contributed by atoms with Crippen molar-refractivity contribution in [1.29, 1.82) is 0 Å². The third-order valence-corrected chi connectivity index (χ3v) is 4.98. The molecule has 1 aliphatic carbocycles.